The van der Waals surface area contributed by atoms with Crippen LogP contribution >= 0.6 is 0 Å². The lowest BCUT2D eigenvalue weighted by Gasteiger charge is -2.48. The van der Waals surface area contributed by atoms with Gasteiger partial charge in [-0.05, 0) is 36.9 Å². The van der Waals surface area contributed by atoms with Crippen molar-refractivity contribution in [3.8, 4) is 0 Å². The van der Waals surface area contributed by atoms with Crippen LogP contribution in [0.15, 0.2) is 15.8 Å². The second-order valence-corrected chi connectivity index (χ2v) is 20.6. The van der Waals surface area contributed by atoms with Crippen molar-refractivity contribution in [2.45, 2.75) is 143 Å². The van der Waals surface area contributed by atoms with Gasteiger partial charge in [0.2, 0.25) is 0 Å². The number of nitrogens with one attached hydrogen (secondary N) is 1. The van der Waals surface area contributed by atoms with E-state index in [1.54, 1.807) is 13.8 Å². The summed E-state index contributed by atoms with van der Waals surface area (Å²) < 4.78 is 52.3. The van der Waals surface area contributed by atoms with Gasteiger partial charge < -0.3 is 32.8 Å². The van der Waals surface area contributed by atoms with E-state index in [1.807, 2.05) is 0 Å². The van der Waals surface area contributed by atoms with Gasteiger partial charge in [-0.15, -0.1) is 0 Å². The first-order chi connectivity index (χ1) is 24.8. The number of carbonyl (C=O) groups is 3. The number of aryl methyl sites for hydroxylation is 1. The molecule has 0 bridgehead atoms. The second kappa shape index (κ2) is 18.4. The molecule has 0 spiro atoms. The van der Waals surface area contributed by atoms with Crippen molar-refractivity contribution < 1.29 is 48.6 Å². The highest BCUT2D eigenvalue weighted by molar-refractivity contribution is 6.77. The summed E-state index contributed by atoms with van der Waals surface area (Å²) in [6.45, 7) is 21.4. The van der Waals surface area contributed by atoms with Crippen molar-refractivity contribution in [1.29, 1.82) is 0 Å². The number of nitrogens with zero attached hydrogens (tertiary/aromatic N) is 2. The molecule has 7 atom stereocenters. The minimum Gasteiger partial charge on any atom is -0.463 e. The molecule has 1 aromatic heterocycles. The van der Waals surface area contributed by atoms with Crippen LogP contribution in [0.5, 0.6) is 0 Å². The van der Waals surface area contributed by atoms with Crippen LogP contribution in [-0.4, -0.2) is 110 Å². The summed E-state index contributed by atoms with van der Waals surface area (Å²) in [7, 11) is -2.35. The Labute approximate surface area is 309 Å². The van der Waals surface area contributed by atoms with Gasteiger partial charge in [-0.2, -0.15) is 0 Å². The van der Waals surface area contributed by atoms with Gasteiger partial charge in [0, 0.05) is 59.5 Å². The van der Waals surface area contributed by atoms with Gasteiger partial charge in [0.05, 0.1) is 13.2 Å². The number of aromatic nitrogens is 2. The number of esters is 3. The molecule has 1 aromatic rings. The third-order valence-electron chi connectivity index (χ3n) is 9.96. The lowest BCUT2D eigenvalue weighted by atomic mass is 9.92. The van der Waals surface area contributed by atoms with E-state index in [1.165, 1.54) is 31.5 Å². The van der Waals surface area contributed by atoms with E-state index in [-0.39, 0.29) is 26.7 Å². The second-order valence-electron chi connectivity index (χ2n) is 15.2. The molecule has 16 heteroatoms. The van der Waals surface area contributed by atoms with Crippen LogP contribution in [0.25, 0.3) is 0 Å². The Morgan fingerprint density at radius 3 is 2.19 bits per heavy atom. The molecule has 0 radical (unpaired) electrons. The van der Waals surface area contributed by atoms with Crippen molar-refractivity contribution >= 4 is 26.2 Å². The lowest BCUT2D eigenvalue weighted by Crippen LogP contribution is -2.59. The highest BCUT2D eigenvalue weighted by Gasteiger charge is 2.50. The Morgan fingerprint density at radius 2 is 1.63 bits per heavy atom. The molecule has 2 saturated heterocycles. The summed E-state index contributed by atoms with van der Waals surface area (Å²) in [6, 6.07) is 0. The van der Waals surface area contributed by atoms with E-state index in [0.29, 0.717) is 48.2 Å². The number of rotatable bonds is 16. The van der Waals surface area contributed by atoms with Gasteiger partial charge in [0.1, 0.15) is 24.4 Å². The molecule has 0 aliphatic carbocycles. The minimum absolute atomic E-state index is 0.120. The summed E-state index contributed by atoms with van der Waals surface area (Å²) in [5.41, 5.74) is -0.864. The van der Waals surface area contributed by atoms with Crippen molar-refractivity contribution in [3.63, 3.8) is 0 Å². The normalized spacial score (nSPS) is 27.5. The zero-order chi connectivity index (χ0) is 39.8. The smallest absolute Gasteiger partial charge is 0.330 e. The fourth-order valence-corrected chi connectivity index (χ4v) is 13.3. The summed E-state index contributed by atoms with van der Waals surface area (Å²) >= 11 is 0. The molecule has 52 heavy (non-hydrogen) atoms. The van der Waals surface area contributed by atoms with Crippen LogP contribution in [0.2, 0.25) is 16.6 Å². The van der Waals surface area contributed by atoms with Crippen molar-refractivity contribution in [3.05, 3.63) is 32.6 Å². The van der Waals surface area contributed by atoms with Crippen molar-refractivity contribution in [2.24, 2.45) is 5.92 Å². The number of morpholine rings is 1. The predicted octanol–water partition coefficient (Wildman–Crippen LogP) is 3.82. The zero-order valence-corrected chi connectivity index (χ0v) is 33.7. The maximum absolute atomic E-state index is 13.1. The molecule has 0 unspecified atom stereocenters. The molecule has 15 nitrogen and oxygen atoms in total. The SMILES string of the molecule is [2H]C[C@]1(CO[Si](C(C)C)(C(C)C)C(C)C)CN(CCCO[C@@H]2O[C@H](COC(C)=O)[C@H](OC(C)=O)[C@H](OC(C)=O)[C@H]2C)C[C@H](n2cc(C)c(=O)[nH]c2=O)O1. The molecule has 0 amide bonds. The number of aromatic amines is 1. The number of H-pyrrole nitrogens is 1. The van der Waals surface area contributed by atoms with Crippen LogP contribution in [0.3, 0.4) is 0 Å². The van der Waals surface area contributed by atoms with Crippen LogP contribution in [0, 0.1) is 12.8 Å². The van der Waals surface area contributed by atoms with E-state index in [4.69, 9.17) is 34.2 Å². The van der Waals surface area contributed by atoms with Gasteiger partial charge in [0.15, 0.2) is 26.9 Å². The largest absolute Gasteiger partial charge is 0.463 e. The molecule has 2 aliphatic rings. The first-order valence-corrected chi connectivity index (χ1v) is 20.3. The molecular formula is C36H61N3O12Si. The lowest BCUT2D eigenvalue weighted by molar-refractivity contribution is -0.289. The van der Waals surface area contributed by atoms with E-state index < -0.39 is 79.8 Å². The highest BCUT2D eigenvalue weighted by atomic mass is 28.4. The Balaban J connectivity index is 1.84. The fourth-order valence-electron chi connectivity index (χ4n) is 7.76. The summed E-state index contributed by atoms with van der Waals surface area (Å²) in [5, 5.41) is 0. The maximum atomic E-state index is 13.1. The van der Waals surface area contributed by atoms with Crippen LogP contribution in [-0.2, 0) is 47.2 Å². The number of hydrogen-bond acceptors (Lipinski definition) is 13. The summed E-state index contributed by atoms with van der Waals surface area (Å²) in [4.78, 5) is 65.4. The summed E-state index contributed by atoms with van der Waals surface area (Å²) in [5.74, 6) is -2.31. The molecule has 2 aliphatic heterocycles. The molecule has 3 rings (SSSR count). The first-order valence-electron chi connectivity index (χ1n) is 18.9. The van der Waals surface area contributed by atoms with Gasteiger partial charge in [-0.25, -0.2) is 4.79 Å². The molecular weight excluding hydrogens is 694 g/mol. The van der Waals surface area contributed by atoms with Crippen LogP contribution in [0.4, 0.5) is 0 Å². The van der Waals surface area contributed by atoms with Crippen LogP contribution < -0.4 is 11.2 Å². The molecule has 0 aromatic carbocycles. The Hall–Kier alpha value is -2.89. The van der Waals surface area contributed by atoms with E-state index in [9.17, 15) is 24.0 Å². The number of hydrogen-bond donors (Lipinski definition) is 1. The van der Waals surface area contributed by atoms with Gasteiger partial charge in [-0.1, -0.05) is 48.5 Å². The van der Waals surface area contributed by atoms with Crippen LogP contribution in [0.1, 0.15) is 95.7 Å². The molecule has 1 N–H and O–H groups in total. The zero-order valence-electron chi connectivity index (χ0n) is 33.7. The minimum atomic E-state index is -2.35. The Kier molecular flexibility index (Phi) is 14.8. The molecule has 0 saturated carbocycles. The van der Waals surface area contributed by atoms with Crippen molar-refractivity contribution in [1.82, 2.24) is 14.5 Å². The first kappa shape index (κ1) is 41.9. The average Bonchev–Trinajstić information content (AvgIpc) is 3.06. The Morgan fingerprint density at radius 1 is 1.02 bits per heavy atom. The quantitative estimate of drug-likeness (QED) is 0.112. The summed E-state index contributed by atoms with van der Waals surface area (Å²) in [6.07, 6.45) is -2.62. The molecule has 2 fully saturated rings. The van der Waals surface area contributed by atoms with E-state index in [0.717, 1.165) is 0 Å². The third-order valence-corrected chi connectivity index (χ3v) is 16.0. The standard InChI is InChI=1S/C36H61N3O12Si/c1-21(2)52(22(3)4,23(5)6)47-20-36(12)19-38(17-30(51-36)39-16-24(7)33(43)37-35(39)44)14-13-15-45-34-25(8)31(48-27(10)41)32(49-28(11)42)29(50-34)18-46-26(9)40/h16,21-23,25,29-32,34H,13-15,17-20H2,1-12H3,(H,37,43,44)/t25-,29-,30-,31-,32+,34-,36-/m1/s1/i12D. The van der Waals surface area contributed by atoms with E-state index >= 15 is 0 Å². The topological polar surface area (TPSA) is 174 Å². The molecule has 3 heterocycles. The number of ether oxygens (including phenoxy) is 6. The fraction of sp³-hybridized carbons (Fsp3) is 0.806. The van der Waals surface area contributed by atoms with Gasteiger partial charge >= 0.3 is 23.6 Å². The third kappa shape index (κ3) is 10.8. The Bertz CT molecular complexity index is 1500. The molecule has 296 valence electrons. The monoisotopic (exact) mass is 756 g/mol. The van der Waals surface area contributed by atoms with Crippen molar-refractivity contribution in [2.75, 3.05) is 39.5 Å². The number of carbonyl (C=O) groups excluding carboxylic acids is 3. The average molecular weight is 757 g/mol. The van der Waals surface area contributed by atoms with Gasteiger partial charge in [0.25, 0.3) is 5.56 Å². The predicted molar refractivity (Wildman–Crippen MR) is 194 cm³/mol. The van der Waals surface area contributed by atoms with Gasteiger partial charge in [-0.3, -0.25) is 33.6 Å². The highest BCUT2D eigenvalue weighted by Crippen LogP contribution is 2.43. The van der Waals surface area contributed by atoms with E-state index in [2.05, 4.69) is 51.4 Å². The maximum Gasteiger partial charge on any atom is 0.330 e.